The molecule has 94 valence electrons. The molecule has 0 atom stereocenters. The van der Waals surface area contributed by atoms with E-state index < -0.39 is 0 Å². The number of aryl methyl sites for hydroxylation is 1. The summed E-state index contributed by atoms with van der Waals surface area (Å²) in [5, 5.41) is 1.17. The summed E-state index contributed by atoms with van der Waals surface area (Å²) in [5.74, 6) is 0. The Kier molecular flexibility index (Phi) is 4.65. The topological polar surface area (TPSA) is 26.0 Å². The molecule has 2 aromatic rings. The van der Waals surface area contributed by atoms with E-state index in [1.807, 2.05) is 30.3 Å². The van der Waals surface area contributed by atoms with Crippen molar-refractivity contribution in [2.45, 2.75) is 12.8 Å². The minimum Gasteiger partial charge on any atom is -0.330 e. The highest BCUT2D eigenvalue weighted by Crippen LogP contribution is 2.30. The molecular weight excluding hydrogens is 265 g/mol. The summed E-state index contributed by atoms with van der Waals surface area (Å²) < 4.78 is 0. The van der Waals surface area contributed by atoms with Crippen molar-refractivity contribution in [3.05, 3.63) is 58.1 Å². The first kappa shape index (κ1) is 13.4. The monoisotopic (exact) mass is 279 g/mol. The van der Waals surface area contributed by atoms with Gasteiger partial charge >= 0.3 is 0 Å². The largest absolute Gasteiger partial charge is 0.330 e. The zero-order valence-corrected chi connectivity index (χ0v) is 11.5. The summed E-state index contributed by atoms with van der Waals surface area (Å²) in [6.45, 7) is 0.704. The van der Waals surface area contributed by atoms with E-state index in [0.29, 0.717) is 16.6 Å². The second kappa shape index (κ2) is 6.24. The maximum absolute atomic E-state index is 6.07. The van der Waals surface area contributed by atoms with Crippen molar-refractivity contribution < 1.29 is 0 Å². The fourth-order valence-electron chi connectivity index (χ4n) is 1.98. The van der Waals surface area contributed by atoms with Crippen LogP contribution >= 0.6 is 23.2 Å². The third-order valence-corrected chi connectivity index (χ3v) is 3.64. The van der Waals surface area contributed by atoms with Crippen molar-refractivity contribution in [1.29, 1.82) is 0 Å². The van der Waals surface area contributed by atoms with Crippen molar-refractivity contribution in [2.24, 2.45) is 5.73 Å². The molecule has 2 aromatic carbocycles. The van der Waals surface area contributed by atoms with Crippen LogP contribution in [0.2, 0.25) is 10.0 Å². The van der Waals surface area contributed by atoms with Crippen LogP contribution < -0.4 is 5.73 Å². The summed E-state index contributed by atoms with van der Waals surface area (Å²) in [7, 11) is 0. The second-order valence-corrected chi connectivity index (χ2v) is 4.99. The smallest absolute Gasteiger partial charge is 0.0598 e. The van der Waals surface area contributed by atoms with Crippen molar-refractivity contribution >= 4 is 23.2 Å². The Bertz CT molecular complexity index is 538. The van der Waals surface area contributed by atoms with Gasteiger partial charge in [0.15, 0.2) is 0 Å². The molecule has 0 aromatic heterocycles. The molecule has 2 rings (SSSR count). The van der Waals surface area contributed by atoms with E-state index in [1.54, 1.807) is 0 Å². The molecule has 0 heterocycles. The molecule has 1 nitrogen and oxygen atoms in total. The predicted molar refractivity (Wildman–Crippen MR) is 79.3 cm³/mol. The number of halogens is 2. The molecule has 0 amide bonds. The van der Waals surface area contributed by atoms with Crippen molar-refractivity contribution in [3.63, 3.8) is 0 Å². The quantitative estimate of drug-likeness (QED) is 0.873. The Morgan fingerprint density at radius 1 is 0.944 bits per heavy atom. The molecular formula is C15H15Cl2N. The minimum absolute atomic E-state index is 0.583. The van der Waals surface area contributed by atoms with Crippen molar-refractivity contribution in [1.82, 2.24) is 0 Å². The lowest BCUT2D eigenvalue weighted by Crippen LogP contribution is -2.01. The molecule has 0 saturated carbocycles. The van der Waals surface area contributed by atoms with E-state index in [-0.39, 0.29) is 0 Å². The summed E-state index contributed by atoms with van der Waals surface area (Å²) in [6, 6.07) is 14.1. The third-order valence-electron chi connectivity index (χ3n) is 2.90. The molecule has 0 radical (unpaired) electrons. The molecule has 0 spiro atoms. The highest BCUT2D eigenvalue weighted by atomic mass is 35.5. The Balaban J connectivity index is 2.39. The van der Waals surface area contributed by atoms with Crippen LogP contribution in [0.3, 0.4) is 0 Å². The molecule has 0 unspecified atom stereocenters. The van der Waals surface area contributed by atoms with Crippen LogP contribution in [0.25, 0.3) is 11.1 Å². The molecule has 18 heavy (non-hydrogen) atoms. The second-order valence-electron chi connectivity index (χ2n) is 4.18. The maximum Gasteiger partial charge on any atom is 0.0598 e. The average molecular weight is 280 g/mol. The fraction of sp³-hybridized carbons (Fsp3) is 0.200. The molecule has 0 aliphatic heterocycles. The van der Waals surface area contributed by atoms with E-state index in [2.05, 4.69) is 12.1 Å². The highest BCUT2D eigenvalue weighted by Gasteiger charge is 2.06. The maximum atomic E-state index is 6.07. The Hall–Kier alpha value is -1.02. The van der Waals surface area contributed by atoms with E-state index in [4.69, 9.17) is 28.9 Å². The molecule has 0 saturated heterocycles. The standard InChI is InChI=1S/C15H15Cl2N/c16-14-8-7-12(10-15(14)17)13-6-2-1-4-11(13)5-3-9-18/h1-2,4,6-8,10H,3,5,9,18H2. The van der Waals surface area contributed by atoms with Gasteiger partial charge in [-0.25, -0.2) is 0 Å². The summed E-state index contributed by atoms with van der Waals surface area (Å²) in [4.78, 5) is 0. The summed E-state index contributed by atoms with van der Waals surface area (Å²) >= 11 is 12.0. The Morgan fingerprint density at radius 3 is 2.44 bits per heavy atom. The van der Waals surface area contributed by atoms with Crippen LogP contribution in [0, 0.1) is 0 Å². The third kappa shape index (κ3) is 3.05. The fourth-order valence-corrected chi connectivity index (χ4v) is 2.27. The van der Waals surface area contributed by atoms with Crippen LogP contribution in [0.5, 0.6) is 0 Å². The van der Waals surface area contributed by atoms with Gasteiger partial charge in [-0.05, 0) is 48.2 Å². The highest BCUT2D eigenvalue weighted by molar-refractivity contribution is 6.42. The summed E-state index contributed by atoms with van der Waals surface area (Å²) in [5.41, 5.74) is 9.16. The number of benzene rings is 2. The SMILES string of the molecule is NCCCc1ccccc1-c1ccc(Cl)c(Cl)c1. The lowest BCUT2D eigenvalue weighted by atomic mass is 9.97. The first-order valence-corrected chi connectivity index (χ1v) is 6.71. The first-order valence-electron chi connectivity index (χ1n) is 5.96. The van der Waals surface area contributed by atoms with Crippen LogP contribution in [0.15, 0.2) is 42.5 Å². The van der Waals surface area contributed by atoms with E-state index >= 15 is 0 Å². The van der Waals surface area contributed by atoms with Crippen LogP contribution in [0.1, 0.15) is 12.0 Å². The van der Waals surface area contributed by atoms with Crippen LogP contribution in [0.4, 0.5) is 0 Å². The number of rotatable bonds is 4. The van der Waals surface area contributed by atoms with Crippen molar-refractivity contribution in [3.8, 4) is 11.1 Å². The molecule has 3 heteroatoms. The van der Waals surface area contributed by atoms with E-state index in [0.717, 1.165) is 18.4 Å². The van der Waals surface area contributed by atoms with Gasteiger partial charge in [0.1, 0.15) is 0 Å². The van der Waals surface area contributed by atoms with Gasteiger partial charge in [0.2, 0.25) is 0 Å². The molecule has 0 fully saturated rings. The number of nitrogens with two attached hydrogens (primary N) is 1. The van der Waals surface area contributed by atoms with Crippen molar-refractivity contribution in [2.75, 3.05) is 6.54 Å². The lowest BCUT2D eigenvalue weighted by molar-refractivity contribution is 0.834. The van der Waals surface area contributed by atoms with Crippen LogP contribution in [-0.4, -0.2) is 6.54 Å². The van der Waals surface area contributed by atoms with Gasteiger partial charge in [-0.3, -0.25) is 0 Å². The molecule has 2 N–H and O–H groups in total. The first-order chi connectivity index (χ1) is 8.72. The number of hydrogen-bond acceptors (Lipinski definition) is 1. The summed E-state index contributed by atoms with van der Waals surface area (Å²) in [6.07, 6.45) is 1.96. The van der Waals surface area contributed by atoms with Gasteiger partial charge < -0.3 is 5.73 Å². The van der Waals surface area contributed by atoms with Gasteiger partial charge in [-0.2, -0.15) is 0 Å². The van der Waals surface area contributed by atoms with Gasteiger partial charge in [0.05, 0.1) is 10.0 Å². The lowest BCUT2D eigenvalue weighted by Gasteiger charge is -2.10. The molecule has 0 bridgehead atoms. The van der Waals surface area contributed by atoms with Gasteiger partial charge in [0.25, 0.3) is 0 Å². The van der Waals surface area contributed by atoms with Gasteiger partial charge in [0, 0.05) is 0 Å². The zero-order valence-electron chi connectivity index (χ0n) is 10.00. The minimum atomic E-state index is 0.583. The molecule has 0 aliphatic carbocycles. The number of hydrogen-bond donors (Lipinski definition) is 1. The predicted octanol–water partition coefficient (Wildman–Crippen LogP) is 4.55. The van der Waals surface area contributed by atoms with Gasteiger partial charge in [-0.1, -0.05) is 53.5 Å². The van der Waals surface area contributed by atoms with Gasteiger partial charge in [-0.15, -0.1) is 0 Å². The average Bonchev–Trinajstić information content (AvgIpc) is 2.40. The molecule has 0 aliphatic rings. The van der Waals surface area contributed by atoms with E-state index in [9.17, 15) is 0 Å². The van der Waals surface area contributed by atoms with E-state index in [1.165, 1.54) is 11.1 Å². The normalized spacial score (nSPS) is 10.6. The zero-order chi connectivity index (χ0) is 13.0. The van der Waals surface area contributed by atoms with Crippen LogP contribution in [-0.2, 0) is 6.42 Å². The Labute approximate surface area is 118 Å². The Morgan fingerprint density at radius 2 is 1.72 bits per heavy atom.